The second-order valence-electron chi connectivity index (χ2n) is 4.06. The molecule has 17 heavy (non-hydrogen) atoms. The first-order valence-corrected chi connectivity index (χ1v) is 5.25. The number of nitrogens with zero attached hydrogens (tertiary/aromatic N) is 1. The molecule has 2 rings (SSSR count). The lowest BCUT2D eigenvalue weighted by atomic mass is 10.2. The van der Waals surface area contributed by atoms with E-state index in [9.17, 15) is 14.0 Å². The normalized spacial score (nSPS) is 28.5. The van der Waals surface area contributed by atoms with Gasteiger partial charge in [-0.1, -0.05) is 0 Å². The summed E-state index contributed by atoms with van der Waals surface area (Å²) >= 11 is 0. The van der Waals surface area contributed by atoms with Crippen LogP contribution >= 0.6 is 0 Å². The molecule has 1 aliphatic heterocycles. The quantitative estimate of drug-likeness (QED) is 0.732. The van der Waals surface area contributed by atoms with Crippen LogP contribution in [0.4, 0.5) is 4.39 Å². The highest BCUT2D eigenvalue weighted by Crippen LogP contribution is 2.29. The van der Waals surface area contributed by atoms with E-state index in [0.717, 1.165) is 4.57 Å². The standard InChI is InChI=1S/C10H13FN2O4/c1-5-3-13(10(16)12-8(5)15)9-7(11)2-6(4-14)17-9/h3,6-7,9,14H,2,4H2,1H3,(H,12,15,16)/t6?,7-,9?/m0/s1. The minimum Gasteiger partial charge on any atom is -0.394 e. The number of ether oxygens (including phenoxy) is 1. The number of rotatable bonds is 2. The third kappa shape index (κ3) is 2.16. The zero-order valence-electron chi connectivity index (χ0n) is 9.22. The lowest BCUT2D eigenvalue weighted by Gasteiger charge is -2.16. The summed E-state index contributed by atoms with van der Waals surface area (Å²) in [7, 11) is 0. The fraction of sp³-hybridized carbons (Fsp3) is 0.600. The number of aromatic amines is 1. The number of aliphatic hydroxyl groups is 1. The molecule has 0 radical (unpaired) electrons. The van der Waals surface area contributed by atoms with Gasteiger partial charge in [0.2, 0.25) is 0 Å². The number of hydrogen-bond acceptors (Lipinski definition) is 4. The predicted octanol–water partition coefficient (Wildman–Crippen LogP) is -0.537. The number of nitrogens with one attached hydrogen (secondary N) is 1. The van der Waals surface area contributed by atoms with Crippen molar-refractivity contribution in [2.24, 2.45) is 0 Å². The van der Waals surface area contributed by atoms with Crippen molar-refractivity contribution < 1.29 is 14.2 Å². The largest absolute Gasteiger partial charge is 0.394 e. The van der Waals surface area contributed by atoms with Crippen molar-refractivity contribution in [3.8, 4) is 0 Å². The third-order valence-corrected chi connectivity index (χ3v) is 2.75. The van der Waals surface area contributed by atoms with Gasteiger partial charge in [-0.2, -0.15) is 0 Å². The summed E-state index contributed by atoms with van der Waals surface area (Å²) < 4.78 is 19.8. The van der Waals surface area contributed by atoms with Crippen molar-refractivity contribution in [3.63, 3.8) is 0 Å². The molecule has 1 aromatic rings. The molecule has 94 valence electrons. The van der Waals surface area contributed by atoms with Crippen LogP contribution in [0.15, 0.2) is 15.8 Å². The van der Waals surface area contributed by atoms with Crippen molar-refractivity contribution in [3.05, 3.63) is 32.6 Å². The van der Waals surface area contributed by atoms with Gasteiger partial charge in [-0.15, -0.1) is 0 Å². The maximum atomic E-state index is 13.6. The van der Waals surface area contributed by atoms with E-state index in [4.69, 9.17) is 9.84 Å². The Kier molecular flexibility index (Phi) is 3.12. The molecule has 0 spiro atoms. The minimum atomic E-state index is -1.38. The zero-order chi connectivity index (χ0) is 12.6. The summed E-state index contributed by atoms with van der Waals surface area (Å²) in [5.41, 5.74) is -0.918. The van der Waals surface area contributed by atoms with E-state index in [2.05, 4.69) is 4.98 Å². The van der Waals surface area contributed by atoms with Gasteiger partial charge in [0.1, 0.15) is 6.17 Å². The summed E-state index contributed by atoms with van der Waals surface area (Å²) in [5.74, 6) is 0. The molecule has 1 fully saturated rings. The molecular weight excluding hydrogens is 231 g/mol. The Morgan fingerprint density at radius 2 is 2.35 bits per heavy atom. The molecule has 0 saturated carbocycles. The molecule has 3 atom stereocenters. The first-order chi connectivity index (χ1) is 8.02. The number of H-pyrrole nitrogens is 1. The van der Waals surface area contributed by atoms with E-state index >= 15 is 0 Å². The maximum Gasteiger partial charge on any atom is 0.330 e. The second kappa shape index (κ2) is 4.42. The van der Waals surface area contributed by atoms with E-state index in [-0.39, 0.29) is 13.0 Å². The summed E-state index contributed by atoms with van der Waals surface area (Å²) in [6, 6.07) is 0. The number of aliphatic hydroxyl groups excluding tert-OH is 1. The molecule has 0 bridgehead atoms. The Balaban J connectivity index is 2.38. The summed E-state index contributed by atoms with van der Waals surface area (Å²) in [4.78, 5) is 24.8. The number of aryl methyl sites for hydroxylation is 1. The van der Waals surface area contributed by atoms with Gasteiger partial charge < -0.3 is 9.84 Å². The van der Waals surface area contributed by atoms with Crippen molar-refractivity contribution in [1.82, 2.24) is 9.55 Å². The first-order valence-electron chi connectivity index (χ1n) is 5.25. The number of hydrogen-bond donors (Lipinski definition) is 2. The molecule has 0 aromatic carbocycles. The van der Waals surface area contributed by atoms with E-state index < -0.39 is 29.8 Å². The number of aromatic nitrogens is 2. The van der Waals surface area contributed by atoms with Gasteiger partial charge in [0.05, 0.1) is 12.7 Å². The first kappa shape index (κ1) is 12.0. The van der Waals surface area contributed by atoms with Gasteiger partial charge >= 0.3 is 5.69 Å². The zero-order valence-corrected chi connectivity index (χ0v) is 9.22. The minimum absolute atomic E-state index is 0.0335. The monoisotopic (exact) mass is 244 g/mol. The van der Waals surface area contributed by atoms with Crippen LogP contribution in [0, 0.1) is 6.92 Å². The van der Waals surface area contributed by atoms with E-state index in [1.807, 2.05) is 0 Å². The van der Waals surface area contributed by atoms with Crippen LogP contribution in [0.25, 0.3) is 0 Å². The SMILES string of the molecule is Cc1cn(C2OC(CO)C[C@@H]2F)c(=O)[nH]c1=O. The van der Waals surface area contributed by atoms with E-state index in [0.29, 0.717) is 5.56 Å². The predicted molar refractivity (Wildman–Crippen MR) is 56.6 cm³/mol. The summed E-state index contributed by atoms with van der Waals surface area (Å²) in [6.45, 7) is 1.22. The Bertz CT molecular complexity index is 524. The number of alkyl halides is 1. The molecule has 6 nitrogen and oxygen atoms in total. The molecular formula is C10H13FN2O4. The smallest absolute Gasteiger partial charge is 0.330 e. The van der Waals surface area contributed by atoms with Crippen LogP contribution in [-0.2, 0) is 4.74 Å². The highest BCUT2D eigenvalue weighted by atomic mass is 19.1. The molecule has 1 aromatic heterocycles. The summed E-state index contributed by atoms with van der Waals surface area (Å²) in [6.07, 6.45) is -1.79. The van der Waals surface area contributed by atoms with Crippen LogP contribution in [0.5, 0.6) is 0 Å². The topological polar surface area (TPSA) is 84.3 Å². The van der Waals surface area contributed by atoms with Crippen molar-refractivity contribution in [2.75, 3.05) is 6.61 Å². The molecule has 2 N–H and O–H groups in total. The van der Waals surface area contributed by atoms with Crippen LogP contribution in [0.3, 0.4) is 0 Å². The lowest BCUT2D eigenvalue weighted by Crippen LogP contribution is -2.35. The van der Waals surface area contributed by atoms with Gasteiger partial charge in [-0.3, -0.25) is 14.3 Å². The highest BCUT2D eigenvalue weighted by Gasteiger charge is 2.36. The van der Waals surface area contributed by atoms with Crippen molar-refractivity contribution >= 4 is 0 Å². The van der Waals surface area contributed by atoms with Gasteiger partial charge in [-0.25, -0.2) is 9.18 Å². The molecule has 2 heterocycles. The Morgan fingerprint density at radius 1 is 1.65 bits per heavy atom. The van der Waals surface area contributed by atoms with E-state index in [1.54, 1.807) is 0 Å². The van der Waals surface area contributed by atoms with Gasteiger partial charge in [0, 0.05) is 18.2 Å². The van der Waals surface area contributed by atoms with Crippen LogP contribution in [-0.4, -0.2) is 33.5 Å². The van der Waals surface area contributed by atoms with Crippen LogP contribution in [0.1, 0.15) is 18.2 Å². The van der Waals surface area contributed by atoms with Gasteiger partial charge in [0.15, 0.2) is 6.23 Å². The Hall–Kier alpha value is -1.47. The van der Waals surface area contributed by atoms with Crippen molar-refractivity contribution in [2.45, 2.75) is 31.8 Å². The average molecular weight is 244 g/mol. The number of halogens is 1. The fourth-order valence-corrected chi connectivity index (χ4v) is 1.84. The van der Waals surface area contributed by atoms with E-state index in [1.165, 1.54) is 13.1 Å². The lowest BCUT2D eigenvalue weighted by molar-refractivity contribution is -0.0395. The van der Waals surface area contributed by atoms with Crippen molar-refractivity contribution in [1.29, 1.82) is 0 Å². The van der Waals surface area contributed by atoms with Crippen LogP contribution in [0.2, 0.25) is 0 Å². The third-order valence-electron chi connectivity index (χ3n) is 2.75. The molecule has 0 amide bonds. The van der Waals surface area contributed by atoms with Gasteiger partial charge in [0.25, 0.3) is 5.56 Å². The second-order valence-corrected chi connectivity index (χ2v) is 4.06. The maximum absolute atomic E-state index is 13.6. The highest BCUT2D eigenvalue weighted by molar-refractivity contribution is 5.02. The fourth-order valence-electron chi connectivity index (χ4n) is 1.84. The molecule has 1 saturated heterocycles. The molecule has 1 aliphatic rings. The van der Waals surface area contributed by atoms with Gasteiger partial charge in [-0.05, 0) is 6.92 Å². The molecule has 0 aliphatic carbocycles. The molecule has 7 heteroatoms. The summed E-state index contributed by atoms with van der Waals surface area (Å²) in [5, 5.41) is 8.88. The average Bonchev–Trinajstić information content (AvgIpc) is 2.65. The van der Waals surface area contributed by atoms with Crippen LogP contribution < -0.4 is 11.2 Å². The Morgan fingerprint density at radius 3 is 2.94 bits per heavy atom. The molecule has 2 unspecified atom stereocenters. The Labute approximate surface area is 95.7 Å².